The van der Waals surface area contributed by atoms with Gasteiger partial charge in [-0.3, -0.25) is 5.32 Å². The summed E-state index contributed by atoms with van der Waals surface area (Å²) in [4.78, 5) is 12.3. The van der Waals surface area contributed by atoms with E-state index in [1.165, 1.54) is 0 Å². The van der Waals surface area contributed by atoms with E-state index in [0.29, 0.717) is 35.3 Å². The molecule has 4 rings (SSSR count). The van der Waals surface area contributed by atoms with E-state index in [0.717, 1.165) is 0 Å². The molecule has 0 aliphatic carbocycles. The molecule has 0 fully saturated rings. The Hall–Kier alpha value is -3.49. The number of hydrogen-bond donors (Lipinski definition) is 2. The van der Waals surface area contributed by atoms with E-state index >= 15 is 0 Å². The van der Waals surface area contributed by atoms with E-state index in [-0.39, 0.29) is 12.7 Å². The maximum Gasteiger partial charge on any atom is 0.326 e. The fourth-order valence-electron chi connectivity index (χ4n) is 2.49. The number of rotatable bonds is 4. The number of benzene rings is 1. The van der Waals surface area contributed by atoms with Crippen LogP contribution in [-0.2, 0) is 0 Å². The molecule has 128 valence electrons. The molecule has 0 atom stereocenters. The van der Waals surface area contributed by atoms with Crippen molar-refractivity contribution in [3.8, 4) is 17.4 Å². The molecule has 9 heteroatoms. The molecule has 1 aliphatic rings. The minimum Gasteiger partial charge on any atom is -0.479 e. The third-order valence-electron chi connectivity index (χ3n) is 3.54. The molecule has 0 unspecified atom stereocenters. The lowest BCUT2D eigenvalue weighted by Gasteiger charge is -2.09. The number of carbonyl (C=O) groups excluding carboxylic acids is 1. The molecule has 3 heterocycles. The first-order valence-electron chi connectivity index (χ1n) is 7.69. The van der Waals surface area contributed by atoms with Gasteiger partial charge in [0.2, 0.25) is 18.6 Å². The number of amides is 2. The Morgan fingerprint density at radius 3 is 2.96 bits per heavy atom. The number of carbonyl (C=O) groups is 1. The minimum absolute atomic E-state index is 0.178. The topological polar surface area (TPSA) is 99.0 Å². The van der Waals surface area contributed by atoms with E-state index in [4.69, 9.17) is 14.2 Å². The quantitative estimate of drug-likeness (QED) is 0.756. The smallest absolute Gasteiger partial charge is 0.326 e. The monoisotopic (exact) mass is 341 g/mol. The number of fused-ring (bicyclic) bond motifs is 2. The molecule has 3 aromatic rings. The van der Waals surface area contributed by atoms with Crippen molar-refractivity contribution < 1.29 is 19.0 Å². The molecule has 2 amide bonds. The van der Waals surface area contributed by atoms with Crippen LogP contribution in [0.25, 0.3) is 5.65 Å². The van der Waals surface area contributed by atoms with Gasteiger partial charge in [-0.25, -0.2) is 9.20 Å². The van der Waals surface area contributed by atoms with Crippen LogP contribution in [0.15, 0.2) is 36.4 Å². The Morgan fingerprint density at radius 1 is 1.20 bits per heavy atom. The molecule has 2 aromatic heterocycles. The van der Waals surface area contributed by atoms with Crippen LogP contribution >= 0.6 is 0 Å². The number of pyridine rings is 1. The van der Waals surface area contributed by atoms with Crippen LogP contribution in [0.3, 0.4) is 0 Å². The summed E-state index contributed by atoms with van der Waals surface area (Å²) in [5, 5.41) is 13.4. The summed E-state index contributed by atoms with van der Waals surface area (Å²) in [6.45, 7) is 2.54. The zero-order valence-electron chi connectivity index (χ0n) is 13.4. The molecule has 1 aliphatic heterocycles. The van der Waals surface area contributed by atoms with E-state index in [1.807, 2.05) is 13.0 Å². The molecule has 0 radical (unpaired) electrons. The number of ether oxygens (including phenoxy) is 3. The molecule has 0 spiro atoms. The molecule has 0 bridgehead atoms. The van der Waals surface area contributed by atoms with Gasteiger partial charge in [0.05, 0.1) is 6.61 Å². The van der Waals surface area contributed by atoms with Crippen molar-refractivity contribution >= 4 is 23.3 Å². The summed E-state index contributed by atoms with van der Waals surface area (Å²) >= 11 is 0. The van der Waals surface area contributed by atoms with Crippen molar-refractivity contribution in [3.05, 3.63) is 36.4 Å². The predicted octanol–water partition coefficient (Wildman–Crippen LogP) is 2.50. The summed E-state index contributed by atoms with van der Waals surface area (Å²) in [7, 11) is 0. The number of nitrogens with one attached hydrogen (secondary N) is 2. The van der Waals surface area contributed by atoms with Crippen molar-refractivity contribution in [2.45, 2.75) is 6.92 Å². The van der Waals surface area contributed by atoms with Crippen LogP contribution in [0.5, 0.6) is 17.4 Å². The number of anilines is 2. The standard InChI is InChI=1S/C16H15N5O4/c1-2-23-14-5-3-4-13-19-20-15(21(13)14)18-16(22)17-10-6-7-11-12(8-10)25-9-24-11/h3-8H,2,9H2,1H3,(H2,17,18,20,22). The second-order valence-electron chi connectivity index (χ2n) is 5.16. The molecular formula is C16H15N5O4. The van der Waals surface area contributed by atoms with Gasteiger partial charge < -0.3 is 19.5 Å². The maximum atomic E-state index is 12.3. The Morgan fingerprint density at radius 2 is 2.08 bits per heavy atom. The van der Waals surface area contributed by atoms with Crippen LogP contribution in [0, 0.1) is 0 Å². The molecule has 1 aromatic carbocycles. The lowest BCUT2D eigenvalue weighted by Crippen LogP contribution is -2.21. The summed E-state index contributed by atoms with van der Waals surface area (Å²) in [5.41, 5.74) is 1.14. The largest absolute Gasteiger partial charge is 0.479 e. The normalized spacial score (nSPS) is 12.2. The lowest BCUT2D eigenvalue weighted by molar-refractivity contribution is 0.174. The molecule has 0 saturated heterocycles. The second kappa shape index (κ2) is 6.19. The van der Waals surface area contributed by atoms with Gasteiger partial charge in [0.25, 0.3) is 0 Å². The first kappa shape index (κ1) is 15.1. The Balaban J connectivity index is 1.54. The van der Waals surface area contributed by atoms with Gasteiger partial charge in [-0.05, 0) is 31.2 Å². The maximum absolute atomic E-state index is 12.3. The molecule has 25 heavy (non-hydrogen) atoms. The van der Waals surface area contributed by atoms with Crippen molar-refractivity contribution in [1.29, 1.82) is 0 Å². The fourth-order valence-corrected chi connectivity index (χ4v) is 2.49. The van der Waals surface area contributed by atoms with E-state index in [9.17, 15) is 4.79 Å². The van der Waals surface area contributed by atoms with Crippen molar-refractivity contribution in [2.75, 3.05) is 24.0 Å². The number of aromatic nitrogens is 3. The fraction of sp³-hybridized carbons (Fsp3) is 0.188. The number of urea groups is 1. The molecular weight excluding hydrogens is 326 g/mol. The van der Waals surface area contributed by atoms with Gasteiger partial charge in [-0.15, -0.1) is 10.2 Å². The van der Waals surface area contributed by atoms with Crippen molar-refractivity contribution in [2.24, 2.45) is 0 Å². The van der Waals surface area contributed by atoms with Gasteiger partial charge in [-0.2, -0.15) is 0 Å². The van der Waals surface area contributed by atoms with Crippen LogP contribution < -0.4 is 24.8 Å². The van der Waals surface area contributed by atoms with Crippen LogP contribution in [0.1, 0.15) is 6.92 Å². The Labute approximate surface area is 142 Å². The molecule has 0 saturated carbocycles. The SMILES string of the molecule is CCOc1cccc2nnc(NC(=O)Nc3ccc4c(c3)OCO4)n12. The second-order valence-corrected chi connectivity index (χ2v) is 5.16. The zero-order valence-corrected chi connectivity index (χ0v) is 13.4. The van der Waals surface area contributed by atoms with E-state index in [2.05, 4.69) is 20.8 Å². The summed E-state index contributed by atoms with van der Waals surface area (Å²) in [6, 6.07) is 10.1. The van der Waals surface area contributed by atoms with Crippen LogP contribution in [0.2, 0.25) is 0 Å². The number of hydrogen-bond acceptors (Lipinski definition) is 6. The van der Waals surface area contributed by atoms with E-state index in [1.54, 1.807) is 34.7 Å². The van der Waals surface area contributed by atoms with Gasteiger partial charge in [-0.1, -0.05) is 6.07 Å². The zero-order chi connectivity index (χ0) is 17.2. The first-order valence-corrected chi connectivity index (χ1v) is 7.69. The molecule has 2 N–H and O–H groups in total. The summed E-state index contributed by atoms with van der Waals surface area (Å²) < 4.78 is 17.7. The van der Waals surface area contributed by atoms with Gasteiger partial charge >= 0.3 is 6.03 Å². The van der Waals surface area contributed by atoms with Gasteiger partial charge in [0, 0.05) is 11.8 Å². The highest BCUT2D eigenvalue weighted by Crippen LogP contribution is 2.34. The molecule has 9 nitrogen and oxygen atoms in total. The van der Waals surface area contributed by atoms with Crippen LogP contribution in [-0.4, -0.2) is 34.0 Å². The summed E-state index contributed by atoms with van der Waals surface area (Å²) in [5.74, 6) is 2.04. The number of nitrogens with zero attached hydrogens (tertiary/aromatic N) is 3. The van der Waals surface area contributed by atoms with Gasteiger partial charge in [0.15, 0.2) is 17.1 Å². The van der Waals surface area contributed by atoms with E-state index < -0.39 is 6.03 Å². The first-order chi connectivity index (χ1) is 12.2. The highest BCUT2D eigenvalue weighted by molar-refractivity contribution is 5.99. The third kappa shape index (κ3) is 2.87. The Kier molecular flexibility index (Phi) is 3.73. The van der Waals surface area contributed by atoms with Gasteiger partial charge in [0.1, 0.15) is 0 Å². The highest BCUT2D eigenvalue weighted by atomic mass is 16.7. The average molecular weight is 341 g/mol. The van der Waals surface area contributed by atoms with Crippen LogP contribution in [0.4, 0.5) is 16.4 Å². The van der Waals surface area contributed by atoms with Crippen molar-refractivity contribution in [1.82, 2.24) is 14.6 Å². The third-order valence-corrected chi connectivity index (χ3v) is 3.54. The predicted molar refractivity (Wildman–Crippen MR) is 89.4 cm³/mol. The average Bonchev–Trinajstić information content (AvgIpc) is 3.22. The summed E-state index contributed by atoms with van der Waals surface area (Å²) in [6.07, 6.45) is 0. The Bertz CT molecular complexity index is 939. The van der Waals surface area contributed by atoms with Crippen molar-refractivity contribution in [3.63, 3.8) is 0 Å². The minimum atomic E-state index is -0.459. The lowest BCUT2D eigenvalue weighted by atomic mass is 10.3. The highest BCUT2D eigenvalue weighted by Gasteiger charge is 2.16.